The Labute approximate surface area is 154 Å². The lowest BCUT2D eigenvalue weighted by Crippen LogP contribution is -2.27. The number of carbonyl (C=O) groups excluding carboxylic acids is 1. The summed E-state index contributed by atoms with van der Waals surface area (Å²) in [4.78, 5) is 12.3. The van der Waals surface area contributed by atoms with E-state index in [1.54, 1.807) is 0 Å². The van der Waals surface area contributed by atoms with Crippen LogP contribution in [0.5, 0.6) is 0 Å². The van der Waals surface area contributed by atoms with E-state index in [-0.39, 0.29) is 17.3 Å². The van der Waals surface area contributed by atoms with E-state index in [0.717, 1.165) is 12.8 Å². The number of rotatable bonds is 10. The van der Waals surface area contributed by atoms with Crippen molar-refractivity contribution in [1.82, 2.24) is 10.0 Å². The third-order valence-corrected chi connectivity index (χ3v) is 5.27. The van der Waals surface area contributed by atoms with Gasteiger partial charge in [-0.15, -0.1) is 0 Å². The van der Waals surface area contributed by atoms with E-state index < -0.39 is 10.0 Å². The molecule has 140 valence electrons. The van der Waals surface area contributed by atoms with Crippen molar-refractivity contribution in [2.45, 2.75) is 17.7 Å². The fourth-order valence-electron chi connectivity index (χ4n) is 2.39. The zero-order valence-corrected chi connectivity index (χ0v) is 15.6. The number of ether oxygens (including phenoxy) is 1. The van der Waals surface area contributed by atoms with E-state index in [9.17, 15) is 13.2 Å². The first kappa shape index (κ1) is 20.1. The Morgan fingerprint density at radius 1 is 1.00 bits per heavy atom. The number of methoxy groups -OCH3 is 1. The van der Waals surface area contributed by atoms with E-state index in [4.69, 9.17) is 4.74 Å². The fourth-order valence-corrected chi connectivity index (χ4v) is 3.40. The van der Waals surface area contributed by atoms with E-state index >= 15 is 0 Å². The Balaban J connectivity index is 1.82. The van der Waals surface area contributed by atoms with E-state index in [1.165, 1.54) is 36.9 Å². The summed E-state index contributed by atoms with van der Waals surface area (Å²) in [6.45, 7) is 1.05. The van der Waals surface area contributed by atoms with Gasteiger partial charge in [-0.3, -0.25) is 4.79 Å². The number of nitrogens with one attached hydrogen (secondary N) is 2. The summed E-state index contributed by atoms with van der Waals surface area (Å²) in [5.74, 6) is -0.214. The van der Waals surface area contributed by atoms with Gasteiger partial charge in [-0.2, -0.15) is 0 Å². The van der Waals surface area contributed by atoms with Crippen molar-refractivity contribution < 1.29 is 17.9 Å². The van der Waals surface area contributed by atoms with Crippen molar-refractivity contribution in [1.29, 1.82) is 0 Å². The molecule has 7 heteroatoms. The molecule has 0 saturated carbocycles. The first-order valence-electron chi connectivity index (χ1n) is 8.44. The molecule has 26 heavy (non-hydrogen) atoms. The lowest BCUT2D eigenvalue weighted by molar-refractivity contribution is 0.0953. The highest BCUT2D eigenvalue weighted by atomic mass is 32.2. The van der Waals surface area contributed by atoms with Crippen molar-refractivity contribution in [3.05, 3.63) is 65.7 Å². The molecule has 0 aliphatic rings. The number of sulfonamides is 1. The Hall–Kier alpha value is -2.22. The molecule has 0 heterocycles. The smallest absolute Gasteiger partial charge is 0.251 e. The van der Waals surface area contributed by atoms with Crippen LogP contribution in [0.3, 0.4) is 0 Å². The second kappa shape index (κ2) is 10.1. The van der Waals surface area contributed by atoms with Gasteiger partial charge in [0.15, 0.2) is 0 Å². The molecule has 0 spiro atoms. The molecule has 2 rings (SSSR count). The van der Waals surface area contributed by atoms with Gasteiger partial charge in [0.05, 0.1) is 11.5 Å². The third-order valence-electron chi connectivity index (χ3n) is 3.80. The van der Waals surface area contributed by atoms with Gasteiger partial charge in [0.2, 0.25) is 10.0 Å². The zero-order chi connectivity index (χ0) is 18.8. The Morgan fingerprint density at radius 3 is 2.35 bits per heavy atom. The average molecular weight is 376 g/mol. The maximum Gasteiger partial charge on any atom is 0.251 e. The van der Waals surface area contributed by atoms with Crippen LogP contribution in [0.15, 0.2) is 59.5 Å². The third kappa shape index (κ3) is 6.25. The van der Waals surface area contributed by atoms with Crippen LogP contribution in [0.25, 0.3) is 0 Å². The molecule has 0 fully saturated rings. The highest BCUT2D eigenvalue weighted by Gasteiger charge is 2.14. The second-order valence-electron chi connectivity index (χ2n) is 5.76. The van der Waals surface area contributed by atoms with Crippen LogP contribution in [-0.2, 0) is 21.2 Å². The van der Waals surface area contributed by atoms with Gasteiger partial charge >= 0.3 is 0 Å². The predicted molar refractivity (Wildman–Crippen MR) is 101 cm³/mol. The lowest BCUT2D eigenvalue weighted by atomic mass is 10.1. The summed E-state index contributed by atoms with van der Waals surface area (Å²) in [5, 5.41) is 2.85. The SMILES string of the molecule is COCCNS(=O)(=O)c1ccc(C(=O)NCCCc2ccccc2)cc1. The molecule has 0 atom stereocenters. The summed E-state index contributed by atoms with van der Waals surface area (Å²) in [6, 6.07) is 15.9. The highest BCUT2D eigenvalue weighted by Crippen LogP contribution is 2.10. The van der Waals surface area contributed by atoms with Crippen molar-refractivity contribution in [3.8, 4) is 0 Å². The average Bonchev–Trinajstić information content (AvgIpc) is 2.66. The number of hydrogen-bond donors (Lipinski definition) is 2. The van der Waals surface area contributed by atoms with Crippen molar-refractivity contribution in [3.63, 3.8) is 0 Å². The largest absolute Gasteiger partial charge is 0.383 e. The first-order valence-corrected chi connectivity index (χ1v) is 9.92. The Kier molecular flexibility index (Phi) is 7.77. The number of carbonyl (C=O) groups is 1. The van der Waals surface area contributed by atoms with Gasteiger partial charge in [0.1, 0.15) is 0 Å². The van der Waals surface area contributed by atoms with Crippen molar-refractivity contribution >= 4 is 15.9 Å². The van der Waals surface area contributed by atoms with Crippen molar-refractivity contribution in [2.75, 3.05) is 26.8 Å². The minimum atomic E-state index is -3.59. The molecule has 0 aliphatic carbocycles. The molecule has 2 aromatic carbocycles. The molecule has 0 radical (unpaired) electrons. The fraction of sp³-hybridized carbons (Fsp3) is 0.316. The lowest BCUT2D eigenvalue weighted by Gasteiger charge is -2.08. The van der Waals surface area contributed by atoms with Gasteiger partial charge in [-0.25, -0.2) is 13.1 Å². The minimum absolute atomic E-state index is 0.120. The maximum absolute atomic E-state index is 12.1. The Bertz CT molecular complexity index is 790. The van der Waals surface area contributed by atoms with Gasteiger partial charge in [-0.05, 0) is 42.7 Å². The van der Waals surface area contributed by atoms with Crippen LogP contribution in [0.4, 0.5) is 0 Å². The summed E-state index contributed by atoms with van der Waals surface area (Å²) >= 11 is 0. The molecule has 0 saturated heterocycles. The molecule has 0 unspecified atom stereocenters. The molecule has 1 amide bonds. The van der Waals surface area contributed by atoms with E-state index in [0.29, 0.717) is 18.7 Å². The predicted octanol–water partition coefficient (Wildman–Crippen LogP) is 1.97. The molecule has 2 aromatic rings. The van der Waals surface area contributed by atoms with Gasteiger partial charge in [0, 0.05) is 25.8 Å². The van der Waals surface area contributed by atoms with Crippen LogP contribution >= 0.6 is 0 Å². The quantitative estimate of drug-likeness (QED) is 0.621. The number of hydrogen-bond acceptors (Lipinski definition) is 4. The molecule has 0 bridgehead atoms. The topological polar surface area (TPSA) is 84.5 Å². The van der Waals surface area contributed by atoms with Crippen molar-refractivity contribution in [2.24, 2.45) is 0 Å². The summed E-state index contributed by atoms with van der Waals surface area (Å²) < 4.78 is 31.4. The summed E-state index contributed by atoms with van der Waals surface area (Å²) in [5.41, 5.74) is 1.66. The van der Waals surface area contributed by atoms with Gasteiger partial charge in [0.25, 0.3) is 5.91 Å². The number of benzene rings is 2. The van der Waals surface area contributed by atoms with E-state index in [2.05, 4.69) is 22.2 Å². The maximum atomic E-state index is 12.1. The molecule has 0 aromatic heterocycles. The highest BCUT2D eigenvalue weighted by molar-refractivity contribution is 7.89. The second-order valence-corrected chi connectivity index (χ2v) is 7.53. The van der Waals surface area contributed by atoms with Gasteiger partial charge in [-0.1, -0.05) is 30.3 Å². The number of amides is 1. The van der Waals surface area contributed by atoms with Crippen LogP contribution in [0.2, 0.25) is 0 Å². The van der Waals surface area contributed by atoms with Crippen LogP contribution in [0.1, 0.15) is 22.3 Å². The molecule has 2 N–H and O–H groups in total. The van der Waals surface area contributed by atoms with Crippen LogP contribution in [0, 0.1) is 0 Å². The molecule has 6 nitrogen and oxygen atoms in total. The molecular formula is C19H24N2O4S. The Morgan fingerprint density at radius 2 is 1.69 bits per heavy atom. The van der Waals surface area contributed by atoms with Crippen LogP contribution in [-0.4, -0.2) is 41.1 Å². The molecular weight excluding hydrogens is 352 g/mol. The zero-order valence-electron chi connectivity index (χ0n) is 14.8. The van der Waals surface area contributed by atoms with E-state index in [1.807, 2.05) is 18.2 Å². The molecule has 0 aliphatic heterocycles. The number of aryl methyl sites for hydroxylation is 1. The summed E-state index contributed by atoms with van der Waals surface area (Å²) in [7, 11) is -2.09. The minimum Gasteiger partial charge on any atom is -0.383 e. The first-order chi connectivity index (χ1) is 12.5. The summed E-state index contributed by atoms with van der Waals surface area (Å²) in [6.07, 6.45) is 1.73. The van der Waals surface area contributed by atoms with Gasteiger partial charge < -0.3 is 10.1 Å². The monoisotopic (exact) mass is 376 g/mol. The van der Waals surface area contributed by atoms with Crippen LogP contribution < -0.4 is 10.0 Å². The standard InChI is InChI=1S/C19H24N2O4S/c1-25-15-14-21-26(23,24)18-11-9-17(10-12-18)19(22)20-13-5-8-16-6-3-2-4-7-16/h2-4,6-7,9-12,21H,5,8,13-15H2,1H3,(H,20,22). The normalized spacial score (nSPS) is 11.3.